The van der Waals surface area contributed by atoms with Gasteiger partial charge >= 0.3 is 5.97 Å². The monoisotopic (exact) mass is 416 g/mol. The van der Waals surface area contributed by atoms with Crippen molar-refractivity contribution in [3.05, 3.63) is 61.5 Å². The number of thiophene rings is 1. The highest BCUT2D eigenvalue weighted by Crippen LogP contribution is 2.36. The first kappa shape index (κ1) is 19.2. The highest BCUT2D eigenvalue weighted by molar-refractivity contribution is 7.18. The SMILES string of the molecule is C[C@@H]1CCc2c(sc3nc([C@H](C)OC(=O)Cc4ccc(Cl)cc4)[nH]c(=O)c23)C1. The zero-order chi connectivity index (χ0) is 19.8. The van der Waals surface area contributed by atoms with Crippen molar-refractivity contribution in [2.45, 2.75) is 45.6 Å². The van der Waals surface area contributed by atoms with Gasteiger partial charge in [0.2, 0.25) is 0 Å². The van der Waals surface area contributed by atoms with Gasteiger partial charge in [-0.1, -0.05) is 30.7 Å². The van der Waals surface area contributed by atoms with Gasteiger partial charge in [0, 0.05) is 9.90 Å². The minimum absolute atomic E-state index is 0.138. The number of hydrogen-bond donors (Lipinski definition) is 1. The summed E-state index contributed by atoms with van der Waals surface area (Å²) in [6.07, 6.45) is 2.52. The fraction of sp³-hybridized carbons (Fsp3) is 0.381. The van der Waals surface area contributed by atoms with Gasteiger partial charge < -0.3 is 9.72 Å². The number of rotatable bonds is 4. The van der Waals surface area contributed by atoms with E-state index < -0.39 is 6.10 Å². The van der Waals surface area contributed by atoms with Crippen molar-refractivity contribution in [3.63, 3.8) is 0 Å². The Morgan fingerprint density at radius 1 is 1.39 bits per heavy atom. The summed E-state index contributed by atoms with van der Waals surface area (Å²) in [6, 6.07) is 7.05. The number of fused-ring (bicyclic) bond motifs is 3. The lowest BCUT2D eigenvalue weighted by Gasteiger charge is -2.17. The topological polar surface area (TPSA) is 72.0 Å². The second-order valence-corrected chi connectivity index (χ2v) is 8.94. The first-order valence-electron chi connectivity index (χ1n) is 9.39. The smallest absolute Gasteiger partial charge is 0.310 e. The molecular weight excluding hydrogens is 396 g/mol. The van der Waals surface area contributed by atoms with E-state index in [2.05, 4.69) is 16.9 Å². The summed E-state index contributed by atoms with van der Waals surface area (Å²) < 4.78 is 5.49. The fourth-order valence-electron chi connectivity index (χ4n) is 3.62. The van der Waals surface area contributed by atoms with Crippen LogP contribution in [0.3, 0.4) is 0 Å². The Labute approximate surface area is 171 Å². The van der Waals surface area contributed by atoms with Crippen molar-refractivity contribution in [1.29, 1.82) is 0 Å². The average molecular weight is 417 g/mol. The van der Waals surface area contributed by atoms with E-state index >= 15 is 0 Å². The number of ether oxygens (including phenoxy) is 1. The number of aromatic amines is 1. The molecule has 0 radical (unpaired) electrons. The number of H-pyrrole nitrogens is 1. The molecule has 0 unspecified atom stereocenters. The van der Waals surface area contributed by atoms with Crippen LogP contribution in [0.1, 0.15) is 48.2 Å². The van der Waals surface area contributed by atoms with Crippen LogP contribution in [-0.4, -0.2) is 15.9 Å². The molecule has 0 saturated heterocycles. The normalized spacial score (nSPS) is 17.3. The first-order chi connectivity index (χ1) is 13.4. The van der Waals surface area contributed by atoms with E-state index in [4.69, 9.17) is 16.3 Å². The number of aryl methyl sites for hydroxylation is 1. The quantitative estimate of drug-likeness (QED) is 0.630. The average Bonchev–Trinajstić information content (AvgIpc) is 3.01. The molecule has 0 aliphatic heterocycles. The van der Waals surface area contributed by atoms with Crippen molar-refractivity contribution < 1.29 is 9.53 Å². The van der Waals surface area contributed by atoms with Crippen LogP contribution in [0, 0.1) is 5.92 Å². The molecule has 1 aromatic carbocycles. The molecule has 0 bridgehead atoms. The van der Waals surface area contributed by atoms with Crippen LogP contribution in [0.2, 0.25) is 5.02 Å². The van der Waals surface area contributed by atoms with Gasteiger partial charge in [0.15, 0.2) is 11.9 Å². The van der Waals surface area contributed by atoms with Gasteiger partial charge in [-0.15, -0.1) is 11.3 Å². The number of benzene rings is 1. The number of nitrogens with one attached hydrogen (secondary N) is 1. The molecule has 2 aromatic heterocycles. The Hall–Kier alpha value is -2.18. The predicted molar refractivity (Wildman–Crippen MR) is 111 cm³/mol. The number of halogens is 1. The molecular formula is C21H21ClN2O3S. The summed E-state index contributed by atoms with van der Waals surface area (Å²) in [5.74, 6) is 0.636. The van der Waals surface area contributed by atoms with Crippen molar-refractivity contribution >= 4 is 39.1 Å². The Morgan fingerprint density at radius 2 is 2.14 bits per heavy atom. The Bertz CT molecular complexity index is 1090. The molecule has 4 rings (SSSR count). The van der Waals surface area contributed by atoms with Gasteiger partial charge in [-0.05, 0) is 55.4 Å². The lowest BCUT2D eigenvalue weighted by molar-refractivity contribution is -0.148. The molecule has 7 heteroatoms. The standard InChI is InChI=1S/C21H21ClN2O3S/c1-11-3-8-15-16(9-11)28-21-18(15)20(26)23-19(24-21)12(2)27-17(25)10-13-4-6-14(22)7-5-13/h4-7,11-12H,3,8-10H2,1-2H3,(H,23,24,26)/t11-,12+/m1/s1. The van der Waals surface area contributed by atoms with Crippen LogP contribution in [-0.2, 0) is 28.8 Å². The molecule has 3 aromatic rings. The second-order valence-electron chi connectivity index (χ2n) is 7.42. The summed E-state index contributed by atoms with van der Waals surface area (Å²) in [4.78, 5) is 34.4. The van der Waals surface area contributed by atoms with Gasteiger partial charge in [0.05, 0.1) is 11.8 Å². The molecule has 1 aliphatic carbocycles. The predicted octanol–water partition coefficient (Wildman–Crippen LogP) is 4.61. The minimum Gasteiger partial charge on any atom is -0.454 e. The van der Waals surface area contributed by atoms with E-state index in [1.807, 2.05) is 0 Å². The molecule has 2 heterocycles. The largest absolute Gasteiger partial charge is 0.454 e. The third kappa shape index (κ3) is 3.84. The van der Waals surface area contributed by atoms with Crippen LogP contribution in [0.15, 0.2) is 29.1 Å². The molecule has 0 spiro atoms. The van der Waals surface area contributed by atoms with Gasteiger partial charge in [0.1, 0.15) is 4.83 Å². The van der Waals surface area contributed by atoms with Gasteiger partial charge in [0.25, 0.3) is 5.56 Å². The third-order valence-electron chi connectivity index (χ3n) is 5.14. The zero-order valence-corrected chi connectivity index (χ0v) is 17.3. The Balaban J connectivity index is 1.54. The van der Waals surface area contributed by atoms with Gasteiger partial charge in [-0.2, -0.15) is 0 Å². The number of nitrogens with zero attached hydrogens (tertiary/aromatic N) is 1. The molecule has 0 saturated carbocycles. The number of esters is 1. The maximum atomic E-state index is 12.7. The number of hydrogen-bond acceptors (Lipinski definition) is 5. The molecule has 0 amide bonds. The molecule has 0 fully saturated rings. The summed E-state index contributed by atoms with van der Waals surface area (Å²) in [6.45, 7) is 3.96. The van der Waals surface area contributed by atoms with Crippen LogP contribution in [0.25, 0.3) is 10.2 Å². The van der Waals surface area contributed by atoms with E-state index in [0.29, 0.717) is 22.2 Å². The molecule has 1 N–H and O–H groups in total. The minimum atomic E-state index is -0.630. The zero-order valence-electron chi connectivity index (χ0n) is 15.8. The van der Waals surface area contributed by atoms with Crippen LogP contribution in [0.5, 0.6) is 0 Å². The fourth-order valence-corrected chi connectivity index (χ4v) is 5.14. The lowest BCUT2D eigenvalue weighted by Crippen LogP contribution is -2.18. The van der Waals surface area contributed by atoms with E-state index in [-0.39, 0.29) is 17.9 Å². The van der Waals surface area contributed by atoms with Crippen molar-refractivity contribution in [1.82, 2.24) is 9.97 Å². The summed E-state index contributed by atoms with van der Waals surface area (Å²) >= 11 is 7.45. The van der Waals surface area contributed by atoms with E-state index in [0.717, 1.165) is 35.2 Å². The van der Waals surface area contributed by atoms with E-state index in [1.165, 1.54) is 4.88 Å². The van der Waals surface area contributed by atoms with Gasteiger partial charge in [-0.3, -0.25) is 9.59 Å². The van der Waals surface area contributed by atoms with Gasteiger partial charge in [-0.25, -0.2) is 4.98 Å². The molecule has 28 heavy (non-hydrogen) atoms. The Kier molecular flexibility index (Phi) is 5.25. The van der Waals surface area contributed by atoms with Crippen molar-refractivity contribution in [2.24, 2.45) is 5.92 Å². The van der Waals surface area contributed by atoms with Crippen LogP contribution in [0.4, 0.5) is 0 Å². The molecule has 146 valence electrons. The highest BCUT2D eigenvalue weighted by Gasteiger charge is 2.24. The van der Waals surface area contributed by atoms with E-state index in [1.54, 1.807) is 42.5 Å². The second kappa shape index (κ2) is 7.68. The number of carbonyl (C=O) groups excluding carboxylic acids is 1. The van der Waals surface area contributed by atoms with Crippen molar-refractivity contribution in [2.75, 3.05) is 0 Å². The summed E-state index contributed by atoms with van der Waals surface area (Å²) in [7, 11) is 0. The van der Waals surface area contributed by atoms with Crippen LogP contribution < -0.4 is 5.56 Å². The maximum absolute atomic E-state index is 12.7. The van der Waals surface area contributed by atoms with E-state index in [9.17, 15) is 9.59 Å². The Morgan fingerprint density at radius 3 is 2.89 bits per heavy atom. The highest BCUT2D eigenvalue weighted by atomic mass is 35.5. The first-order valence-corrected chi connectivity index (χ1v) is 10.6. The maximum Gasteiger partial charge on any atom is 0.310 e. The summed E-state index contributed by atoms with van der Waals surface area (Å²) in [5, 5.41) is 1.32. The van der Waals surface area contributed by atoms with Crippen molar-refractivity contribution in [3.8, 4) is 0 Å². The molecule has 5 nitrogen and oxygen atoms in total. The number of aromatic nitrogens is 2. The third-order valence-corrected chi connectivity index (χ3v) is 6.54. The molecule has 1 aliphatic rings. The lowest BCUT2D eigenvalue weighted by atomic mass is 9.89. The van der Waals surface area contributed by atoms with Crippen LogP contribution >= 0.6 is 22.9 Å². The summed E-state index contributed by atoms with van der Waals surface area (Å²) in [5.41, 5.74) is 1.82. The molecule has 2 atom stereocenters. The number of carbonyl (C=O) groups is 1.